The van der Waals surface area contributed by atoms with Crippen LogP contribution in [0.3, 0.4) is 0 Å². The van der Waals surface area contributed by atoms with Crippen molar-refractivity contribution < 1.29 is 22.5 Å². The largest absolute Gasteiger partial charge is 0.339 e. The van der Waals surface area contributed by atoms with E-state index in [-0.39, 0.29) is 17.3 Å². The van der Waals surface area contributed by atoms with Gasteiger partial charge in [-0.3, -0.25) is 0 Å². The number of urea groups is 1. The van der Waals surface area contributed by atoms with Gasteiger partial charge in [0.15, 0.2) is 0 Å². The van der Waals surface area contributed by atoms with Gasteiger partial charge in [0.25, 0.3) is 0 Å². The van der Waals surface area contributed by atoms with E-state index in [1.165, 1.54) is 17.0 Å². The molecule has 0 aliphatic carbocycles. The lowest BCUT2D eigenvalue weighted by molar-refractivity contribution is 0.173. The van der Waals surface area contributed by atoms with E-state index in [4.69, 9.17) is 4.52 Å². The average molecular weight is 416 g/mol. The number of halogens is 3. The Morgan fingerprint density at radius 2 is 1.83 bits per heavy atom. The Balaban J connectivity index is 1.40. The lowest BCUT2D eigenvalue weighted by Gasteiger charge is -2.32. The Hall–Kier alpha value is -3.36. The fraction of sp³-hybridized carbons (Fsp3) is 0.286. The molecule has 1 atom stereocenters. The van der Waals surface area contributed by atoms with Gasteiger partial charge in [0.2, 0.25) is 11.7 Å². The van der Waals surface area contributed by atoms with E-state index < -0.39 is 29.2 Å². The van der Waals surface area contributed by atoms with Crippen LogP contribution in [0.5, 0.6) is 0 Å². The van der Waals surface area contributed by atoms with Gasteiger partial charge in [-0.1, -0.05) is 23.4 Å². The van der Waals surface area contributed by atoms with E-state index in [2.05, 4.69) is 15.5 Å². The molecule has 6 nitrogen and oxygen atoms in total. The maximum absolute atomic E-state index is 13.9. The molecule has 1 fully saturated rings. The van der Waals surface area contributed by atoms with Crippen molar-refractivity contribution in [1.29, 1.82) is 0 Å². The summed E-state index contributed by atoms with van der Waals surface area (Å²) < 4.78 is 46.7. The number of hydrogen-bond donors (Lipinski definition) is 1. The Labute approximate surface area is 170 Å². The van der Waals surface area contributed by atoms with Gasteiger partial charge in [-0.2, -0.15) is 4.98 Å². The molecule has 1 aromatic heterocycles. The molecule has 0 radical (unpaired) electrons. The number of para-hydroxylation sites is 1. The maximum Gasteiger partial charge on any atom is 0.322 e. The standard InChI is InChI=1S/C21H19F3N4O2/c22-15-7-2-1-6-14(15)20-25-18(30-27-20)11-13-5-4-10-28(12-13)21(29)26-19-16(23)8-3-9-17(19)24/h1-3,6-9,13H,4-5,10-12H2,(H,26,29). The average Bonchev–Trinajstić information content (AvgIpc) is 3.19. The molecule has 1 saturated heterocycles. The Morgan fingerprint density at radius 1 is 1.10 bits per heavy atom. The summed E-state index contributed by atoms with van der Waals surface area (Å²) >= 11 is 0. The number of benzene rings is 2. The lowest BCUT2D eigenvalue weighted by atomic mass is 9.95. The summed E-state index contributed by atoms with van der Waals surface area (Å²) in [7, 11) is 0. The van der Waals surface area contributed by atoms with E-state index in [0.29, 0.717) is 25.4 Å². The van der Waals surface area contributed by atoms with Crippen LogP contribution >= 0.6 is 0 Å². The second-order valence-electron chi connectivity index (χ2n) is 7.18. The zero-order valence-electron chi connectivity index (χ0n) is 15.9. The molecule has 1 N–H and O–H groups in total. The highest BCUT2D eigenvalue weighted by Gasteiger charge is 2.27. The quantitative estimate of drug-likeness (QED) is 0.673. The topological polar surface area (TPSA) is 71.3 Å². The van der Waals surface area contributed by atoms with Crippen molar-refractivity contribution in [3.8, 4) is 11.4 Å². The first kappa shape index (κ1) is 19.9. The predicted octanol–water partition coefficient (Wildman–Crippen LogP) is 4.64. The van der Waals surface area contributed by atoms with Gasteiger partial charge in [-0.15, -0.1) is 0 Å². The van der Waals surface area contributed by atoms with Gasteiger partial charge in [0, 0.05) is 19.5 Å². The molecule has 0 spiro atoms. The summed E-state index contributed by atoms with van der Waals surface area (Å²) in [5.41, 5.74) is -0.208. The van der Waals surface area contributed by atoms with E-state index >= 15 is 0 Å². The minimum atomic E-state index is -0.830. The van der Waals surface area contributed by atoms with Crippen LogP contribution in [0.1, 0.15) is 18.7 Å². The minimum absolute atomic E-state index is 0.0314. The molecule has 156 valence electrons. The Kier molecular flexibility index (Phi) is 5.69. The molecule has 0 saturated carbocycles. The molecule has 2 amide bonds. The highest BCUT2D eigenvalue weighted by molar-refractivity contribution is 5.89. The summed E-state index contributed by atoms with van der Waals surface area (Å²) in [4.78, 5) is 18.3. The van der Waals surface area contributed by atoms with Crippen molar-refractivity contribution in [2.24, 2.45) is 5.92 Å². The van der Waals surface area contributed by atoms with Crippen molar-refractivity contribution >= 4 is 11.7 Å². The normalized spacial score (nSPS) is 16.5. The Bertz CT molecular complexity index is 1040. The fourth-order valence-electron chi connectivity index (χ4n) is 3.56. The second kappa shape index (κ2) is 8.56. The third-order valence-electron chi connectivity index (χ3n) is 5.05. The fourth-order valence-corrected chi connectivity index (χ4v) is 3.56. The van der Waals surface area contributed by atoms with Gasteiger partial charge in [0.1, 0.15) is 23.1 Å². The molecule has 1 aliphatic heterocycles. The third-order valence-corrected chi connectivity index (χ3v) is 5.05. The smallest absolute Gasteiger partial charge is 0.322 e. The number of piperidine rings is 1. The second-order valence-corrected chi connectivity index (χ2v) is 7.18. The van der Waals surface area contributed by atoms with E-state index in [0.717, 1.165) is 25.0 Å². The molecular formula is C21H19F3N4O2. The van der Waals surface area contributed by atoms with Gasteiger partial charge in [0.05, 0.1) is 5.56 Å². The number of amides is 2. The van der Waals surface area contributed by atoms with Crippen LogP contribution in [-0.4, -0.2) is 34.2 Å². The molecule has 0 bridgehead atoms. The molecular weight excluding hydrogens is 397 g/mol. The SMILES string of the molecule is O=C(Nc1c(F)cccc1F)N1CCCC(Cc2nc(-c3ccccc3F)no2)C1. The number of aromatic nitrogens is 2. The van der Waals surface area contributed by atoms with Crippen molar-refractivity contribution in [1.82, 2.24) is 15.0 Å². The number of likely N-dealkylation sites (tertiary alicyclic amines) is 1. The van der Waals surface area contributed by atoms with Crippen molar-refractivity contribution in [2.45, 2.75) is 19.3 Å². The van der Waals surface area contributed by atoms with Crippen molar-refractivity contribution in [2.75, 3.05) is 18.4 Å². The van der Waals surface area contributed by atoms with Gasteiger partial charge in [-0.05, 0) is 43.0 Å². The van der Waals surface area contributed by atoms with E-state index in [9.17, 15) is 18.0 Å². The third kappa shape index (κ3) is 4.29. The van der Waals surface area contributed by atoms with E-state index in [1.54, 1.807) is 18.2 Å². The molecule has 1 unspecified atom stereocenters. The van der Waals surface area contributed by atoms with Crippen LogP contribution in [0, 0.1) is 23.4 Å². The Morgan fingerprint density at radius 3 is 2.60 bits per heavy atom. The number of anilines is 1. The van der Waals surface area contributed by atoms with Crippen molar-refractivity contribution in [3.63, 3.8) is 0 Å². The zero-order valence-corrected chi connectivity index (χ0v) is 15.9. The first-order valence-electron chi connectivity index (χ1n) is 9.58. The van der Waals surface area contributed by atoms with Crippen LogP contribution in [0.15, 0.2) is 47.0 Å². The summed E-state index contributed by atoms with van der Waals surface area (Å²) in [5, 5.41) is 6.15. The minimum Gasteiger partial charge on any atom is -0.339 e. The van der Waals surface area contributed by atoms with Crippen LogP contribution in [0.2, 0.25) is 0 Å². The van der Waals surface area contributed by atoms with Gasteiger partial charge < -0.3 is 14.7 Å². The maximum atomic E-state index is 13.9. The van der Waals surface area contributed by atoms with Crippen LogP contribution in [0.25, 0.3) is 11.4 Å². The number of hydrogen-bond acceptors (Lipinski definition) is 4. The predicted molar refractivity (Wildman–Crippen MR) is 103 cm³/mol. The van der Waals surface area contributed by atoms with Gasteiger partial charge in [-0.25, -0.2) is 18.0 Å². The van der Waals surface area contributed by atoms with Crippen LogP contribution < -0.4 is 5.32 Å². The van der Waals surface area contributed by atoms with Crippen LogP contribution in [-0.2, 0) is 6.42 Å². The number of rotatable bonds is 4. The van der Waals surface area contributed by atoms with Gasteiger partial charge >= 0.3 is 6.03 Å². The molecule has 4 rings (SSSR count). The number of nitrogens with zero attached hydrogens (tertiary/aromatic N) is 3. The first-order valence-corrected chi connectivity index (χ1v) is 9.58. The summed E-state index contributed by atoms with van der Waals surface area (Å²) in [5.74, 6) is -1.55. The number of carbonyl (C=O) groups is 1. The van der Waals surface area contributed by atoms with Crippen molar-refractivity contribution in [3.05, 3.63) is 65.8 Å². The molecule has 2 aromatic carbocycles. The van der Waals surface area contributed by atoms with Crippen LogP contribution in [0.4, 0.5) is 23.7 Å². The number of carbonyl (C=O) groups excluding carboxylic acids is 1. The molecule has 1 aliphatic rings. The first-order chi connectivity index (χ1) is 14.5. The summed E-state index contributed by atoms with van der Waals surface area (Å²) in [6, 6.07) is 8.98. The summed E-state index contributed by atoms with van der Waals surface area (Å²) in [6.45, 7) is 0.849. The lowest BCUT2D eigenvalue weighted by Crippen LogP contribution is -2.43. The zero-order chi connectivity index (χ0) is 21.1. The highest BCUT2D eigenvalue weighted by atomic mass is 19.1. The summed E-state index contributed by atoms with van der Waals surface area (Å²) in [6.07, 6.45) is 1.97. The highest BCUT2D eigenvalue weighted by Crippen LogP contribution is 2.25. The molecule has 30 heavy (non-hydrogen) atoms. The molecule has 2 heterocycles. The molecule has 9 heteroatoms. The molecule has 3 aromatic rings. The number of nitrogens with one attached hydrogen (secondary N) is 1. The van der Waals surface area contributed by atoms with E-state index in [1.807, 2.05) is 0 Å². The monoisotopic (exact) mass is 416 g/mol.